The number of aromatic hydroxyl groups is 1. The summed E-state index contributed by atoms with van der Waals surface area (Å²) in [6.45, 7) is 6.35. The van der Waals surface area contributed by atoms with Crippen LogP contribution in [0, 0.1) is 5.41 Å². The lowest BCUT2D eigenvalue weighted by Gasteiger charge is -2.38. The molecule has 0 fully saturated rings. The van der Waals surface area contributed by atoms with Gasteiger partial charge in [0, 0.05) is 4.47 Å². The summed E-state index contributed by atoms with van der Waals surface area (Å²) in [6, 6.07) is 4.51. The number of carbonyl (C=O) groups is 2. The zero-order chi connectivity index (χ0) is 15.7. The van der Waals surface area contributed by atoms with Crippen molar-refractivity contribution in [2.24, 2.45) is 5.41 Å². The van der Waals surface area contributed by atoms with Crippen molar-refractivity contribution < 1.29 is 19.8 Å². The summed E-state index contributed by atoms with van der Waals surface area (Å²) in [5.74, 6) is -1.70. The van der Waals surface area contributed by atoms with E-state index in [0.717, 1.165) is 0 Å². The molecule has 0 aromatic heterocycles. The van der Waals surface area contributed by atoms with Crippen molar-refractivity contribution in [2.45, 2.75) is 33.2 Å². The number of carbonyl (C=O) groups excluding carboxylic acids is 1. The smallest absolute Gasteiger partial charge is 0.311 e. The lowest BCUT2D eigenvalue weighted by Crippen LogP contribution is -2.56. The quantitative estimate of drug-likeness (QED) is 0.784. The van der Waals surface area contributed by atoms with Crippen molar-refractivity contribution >= 4 is 27.8 Å². The molecular formula is C14H18BrNO4. The van der Waals surface area contributed by atoms with E-state index in [2.05, 4.69) is 21.2 Å². The number of benzene rings is 1. The second-order valence-electron chi connectivity index (χ2n) is 5.67. The van der Waals surface area contributed by atoms with Crippen LogP contribution in [0.25, 0.3) is 0 Å². The highest BCUT2D eigenvalue weighted by Crippen LogP contribution is 2.31. The topological polar surface area (TPSA) is 86.6 Å². The molecule has 1 aromatic rings. The van der Waals surface area contributed by atoms with Crippen molar-refractivity contribution in [2.75, 3.05) is 0 Å². The molecule has 1 rings (SSSR count). The maximum atomic E-state index is 12.2. The summed E-state index contributed by atoms with van der Waals surface area (Å²) >= 11 is 3.19. The van der Waals surface area contributed by atoms with Gasteiger partial charge in [-0.05, 0) is 45.9 Å². The summed E-state index contributed by atoms with van der Waals surface area (Å²) in [6.07, 6.45) is 0. The van der Waals surface area contributed by atoms with Crippen molar-refractivity contribution in [3.63, 3.8) is 0 Å². The highest BCUT2D eigenvalue weighted by molar-refractivity contribution is 9.10. The average molecular weight is 344 g/mol. The Hall–Kier alpha value is -1.56. The van der Waals surface area contributed by atoms with E-state index in [9.17, 15) is 19.8 Å². The predicted molar refractivity (Wildman–Crippen MR) is 78.8 cm³/mol. The number of hydrogen-bond acceptors (Lipinski definition) is 3. The van der Waals surface area contributed by atoms with Crippen LogP contribution in [0.1, 0.15) is 38.1 Å². The fourth-order valence-electron chi connectivity index (χ4n) is 1.47. The van der Waals surface area contributed by atoms with E-state index < -0.39 is 22.8 Å². The van der Waals surface area contributed by atoms with Crippen LogP contribution in [0.3, 0.4) is 0 Å². The van der Waals surface area contributed by atoms with Gasteiger partial charge < -0.3 is 15.5 Å². The molecule has 3 N–H and O–H groups in total. The number of carboxylic acid groups (broad SMARTS) is 1. The van der Waals surface area contributed by atoms with Crippen molar-refractivity contribution in [3.8, 4) is 5.75 Å². The van der Waals surface area contributed by atoms with Gasteiger partial charge in [-0.25, -0.2) is 0 Å². The van der Waals surface area contributed by atoms with E-state index in [1.165, 1.54) is 26.0 Å². The largest absolute Gasteiger partial charge is 0.507 e. The molecule has 0 radical (unpaired) electrons. The number of phenols is 1. The normalized spacial score (nSPS) is 12.1. The van der Waals surface area contributed by atoms with Gasteiger partial charge in [-0.15, -0.1) is 0 Å². The second kappa shape index (κ2) is 5.44. The van der Waals surface area contributed by atoms with E-state index >= 15 is 0 Å². The molecule has 0 aliphatic carbocycles. The maximum Gasteiger partial charge on any atom is 0.311 e. The molecule has 0 aliphatic rings. The molecule has 0 unspecified atom stereocenters. The zero-order valence-electron chi connectivity index (χ0n) is 11.8. The first-order chi connectivity index (χ1) is 8.99. The minimum Gasteiger partial charge on any atom is -0.507 e. The Bertz CT molecular complexity index is 552. The molecule has 110 valence electrons. The van der Waals surface area contributed by atoms with Crippen LogP contribution >= 0.6 is 15.9 Å². The zero-order valence-corrected chi connectivity index (χ0v) is 13.4. The third kappa shape index (κ3) is 3.12. The number of aliphatic carboxylic acids is 1. The fraction of sp³-hybridized carbons (Fsp3) is 0.429. The number of hydrogen-bond donors (Lipinski definition) is 3. The Balaban J connectivity index is 3.03. The molecule has 0 bridgehead atoms. The average Bonchev–Trinajstić information content (AvgIpc) is 2.27. The Morgan fingerprint density at radius 1 is 1.20 bits per heavy atom. The van der Waals surface area contributed by atoms with Crippen molar-refractivity contribution in [3.05, 3.63) is 28.2 Å². The highest BCUT2D eigenvalue weighted by atomic mass is 79.9. The lowest BCUT2D eigenvalue weighted by atomic mass is 9.74. The molecule has 20 heavy (non-hydrogen) atoms. The number of phenolic OH excluding ortho intramolecular Hbond substituents is 1. The second-order valence-corrected chi connectivity index (χ2v) is 6.59. The van der Waals surface area contributed by atoms with Gasteiger partial charge >= 0.3 is 5.97 Å². The van der Waals surface area contributed by atoms with Crippen LogP contribution in [-0.2, 0) is 4.79 Å². The molecule has 1 amide bonds. The first-order valence-corrected chi connectivity index (χ1v) is 6.83. The van der Waals surface area contributed by atoms with E-state index in [4.69, 9.17) is 0 Å². The van der Waals surface area contributed by atoms with Crippen LogP contribution in [-0.4, -0.2) is 27.6 Å². The van der Waals surface area contributed by atoms with Crippen LogP contribution in [0.2, 0.25) is 0 Å². The summed E-state index contributed by atoms with van der Waals surface area (Å²) in [4.78, 5) is 23.5. The van der Waals surface area contributed by atoms with Crippen LogP contribution in [0.15, 0.2) is 22.7 Å². The highest BCUT2D eigenvalue weighted by Gasteiger charge is 2.44. The number of carboxylic acids is 1. The molecule has 6 heteroatoms. The molecule has 0 heterocycles. The number of amides is 1. The van der Waals surface area contributed by atoms with Gasteiger partial charge in [-0.1, -0.05) is 15.9 Å². The predicted octanol–water partition coefficient (Wildman–Crippen LogP) is 2.77. The number of rotatable bonds is 4. The SMILES string of the molecule is CC(C)(NC(=O)c1ccc(Br)cc1O)C(C)(C)C(=O)O. The molecule has 1 aromatic carbocycles. The van der Waals surface area contributed by atoms with Gasteiger partial charge in [0.05, 0.1) is 16.5 Å². The Labute approximate surface area is 126 Å². The van der Waals surface area contributed by atoms with Gasteiger partial charge in [0.1, 0.15) is 5.75 Å². The Morgan fingerprint density at radius 2 is 1.75 bits per heavy atom. The molecule has 0 spiro atoms. The molecule has 0 saturated carbocycles. The third-order valence-electron chi connectivity index (χ3n) is 3.73. The van der Waals surface area contributed by atoms with Crippen LogP contribution < -0.4 is 5.32 Å². The summed E-state index contributed by atoms with van der Waals surface area (Å²) in [5.41, 5.74) is -2.05. The summed E-state index contributed by atoms with van der Waals surface area (Å²) < 4.78 is 0.650. The molecule has 0 aliphatic heterocycles. The van der Waals surface area contributed by atoms with Gasteiger partial charge in [0.2, 0.25) is 0 Å². The van der Waals surface area contributed by atoms with Crippen LogP contribution in [0.5, 0.6) is 5.75 Å². The fourth-order valence-corrected chi connectivity index (χ4v) is 1.82. The minimum absolute atomic E-state index is 0.0995. The van der Waals surface area contributed by atoms with E-state index in [0.29, 0.717) is 4.47 Å². The summed E-state index contributed by atoms with van der Waals surface area (Å²) in [7, 11) is 0. The molecule has 0 saturated heterocycles. The number of halogens is 1. The molecular weight excluding hydrogens is 326 g/mol. The van der Waals surface area contributed by atoms with Gasteiger partial charge in [-0.3, -0.25) is 9.59 Å². The molecule has 0 atom stereocenters. The van der Waals surface area contributed by atoms with Crippen molar-refractivity contribution in [1.82, 2.24) is 5.32 Å². The summed E-state index contributed by atoms with van der Waals surface area (Å²) in [5, 5.41) is 21.7. The first-order valence-electron chi connectivity index (χ1n) is 6.03. The first kappa shape index (κ1) is 16.5. The van der Waals surface area contributed by atoms with E-state index in [1.807, 2.05) is 0 Å². The Kier molecular flexibility index (Phi) is 4.49. The third-order valence-corrected chi connectivity index (χ3v) is 4.22. The maximum absolute atomic E-state index is 12.2. The monoisotopic (exact) mass is 343 g/mol. The molecule has 5 nitrogen and oxygen atoms in total. The lowest BCUT2D eigenvalue weighted by molar-refractivity contribution is -0.150. The Morgan fingerprint density at radius 3 is 2.20 bits per heavy atom. The van der Waals surface area contributed by atoms with Gasteiger partial charge in [0.15, 0.2) is 0 Å². The van der Waals surface area contributed by atoms with Crippen LogP contribution in [0.4, 0.5) is 0 Å². The number of nitrogens with one attached hydrogen (secondary N) is 1. The standard InChI is InChI=1S/C14H18BrNO4/c1-13(2,12(19)20)14(3,4)16-11(18)9-6-5-8(15)7-10(9)17/h5-7,17H,1-4H3,(H,16,18)(H,19,20). The van der Waals surface area contributed by atoms with Gasteiger partial charge in [0.25, 0.3) is 5.91 Å². The van der Waals surface area contributed by atoms with Crippen molar-refractivity contribution in [1.29, 1.82) is 0 Å². The van der Waals surface area contributed by atoms with E-state index in [-0.39, 0.29) is 11.3 Å². The van der Waals surface area contributed by atoms with E-state index in [1.54, 1.807) is 19.9 Å². The minimum atomic E-state index is -1.16. The van der Waals surface area contributed by atoms with Gasteiger partial charge in [-0.2, -0.15) is 0 Å².